The van der Waals surface area contributed by atoms with Gasteiger partial charge in [-0.25, -0.2) is 4.98 Å². The van der Waals surface area contributed by atoms with Gasteiger partial charge in [0.15, 0.2) is 0 Å². The molecule has 0 aliphatic carbocycles. The van der Waals surface area contributed by atoms with Gasteiger partial charge in [-0.2, -0.15) is 13.2 Å². The molecular weight excluding hydrogens is 255 g/mol. The highest BCUT2D eigenvalue weighted by molar-refractivity contribution is 5.39. The first-order valence-electron chi connectivity index (χ1n) is 6.44. The van der Waals surface area contributed by atoms with Crippen LogP contribution < -0.4 is 10.2 Å². The molecule has 2 heterocycles. The van der Waals surface area contributed by atoms with Crippen LogP contribution in [0.4, 0.5) is 19.0 Å². The number of nitrogens with one attached hydrogen (secondary N) is 1. The SMILES string of the molecule is CN(CC1CCCCN1)c1ccc(C(F)(F)F)cn1. The summed E-state index contributed by atoms with van der Waals surface area (Å²) < 4.78 is 37.3. The van der Waals surface area contributed by atoms with Gasteiger partial charge in [0.05, 0.1) is 5.56 Å². The second-order valence-corrected chi connectivity index (χ2v) is 4.93. The van der Waals surface area contributed by atoms with Crippen molar-refractivity contribution in [2.75, 3.05) is 25.0 Å². The van der Waals surface area contributed by atoms with E-state index in [9.17, 15) is 13.2 Å². The van der Waals surface area contributed by atoms with Crippen LogP contribution in [-0.4, -0.2) is 31.2 Å². The molecule has 0 bridgehead atoms. The van der Waals surface area contributed by atoms with Gasteiger partial charge in [-0.1, -0.05) is 6.42 Å². The quantitative estimate of drug-likeness (QED) is 0.917. The third-order valence-corrected chi connectivity index (χ3v) is 3.37. The van der Waals surface area contributed by atoms with Crippen molar-refractivity contribution in [2.24, 2.45) is 0 Å². The largest absolute Gasteiger partial charge is 0.417 e. The molecule has 1 aliphatic heterocycles. The third-order valence-electron chi connectivity index (χ3n) is 3.37. The lowest BCUT2D eigenvalue weighted by molar-refractivity contribution is -0.137. The predicted molar refractivity (Wildman–Crippen MR) is 68.2 cm³/mol. The summed E-state index contributed by atoms with van der Waals surface area (Å²) in [5.74, 6) is 0.570. The lowest BCUT2D eigenvalue weighted by Crippen LogP contribution is -2.42. The van der Waals surface area contributed by atoms with E-state index in [1.54, 1.807) is 0 Å². The Hall–Kier alpha value is -1.30. The van der Waals surface area contributed by atoms with Crippen LogP contribution in [0.25, 0.3) is 0 Å². The molecule has 1 aromatic heterocycles. The number of nitrogens with zero attached hydrogens (tertiary/aromatic N) is 2. The van der Waals surface area contributed by atoms with E-state index < -0.39 is 11.7 Å². The minimum atomic E-state index is -4.32. The molecular formula is C13H18F3N3. The Morgan fingerprint density at radius 2 is 2.16 bits per heavy atom. The van der Waals surface area contributed by atoms with E-state index in [0.717, 1.165) is 31.8 Å². The second-order valence-electron chi connectivity index (χ2n) is 4.93. The molecule has 6 heteroatoms. The van der Waals surface area contributed by atoms with E-state index >= 15 is 0 Å². The Morgan fingerprint density at radius 1 is 1.37 bits per heavy atom. The van der Waals surface area contributed by atoms with E-state index in [-0.39, 0.29) is 0 Å². The lowest BCUT2D eigenvalue weighted by atomic mass is 10.0. The number of aromatic nitrogens is 1. The van der Waals surface area contributed by atoms with Crippen LogP contribution in [-0.2, 0) is 6.18 Å². The average molecular weight is 273 g/mol. The average Bonchev–Trinajstić information content (AvgIpc) is 2.39. The topological polar surface area (TPSA) is 28.2 Å². The van der Waals surface area contributed by atoms with Gasteiger partial charge in [0, 0.05) is 25.8 Å². The predicted octanol–water partition coefficient (Wildman–Crippen LogP) is 2.68. The van der Waals surface area contributed by atoms with Gasteiger partial charge in [-0.3, -0.25) is 0 Å². The highest BCUT2D eigenvalue weighted by atomic mass is 19.4. The lowest BCUT2D eigenvalue weighted by Gasteiger charge is -2.28. The Balaban J connectivity index is 1.97. The highest BCUT2D eigenvalue weighted by Crippen LogP contribution is 2.29. The Bertz CT molecular complexity index is 397. The van der Waals surface area contributed by atoms with Crippen LogP contribution in [0, 0.1) is 0 Å². The number of anilines is 1. The Kier molecular flexibility index (Phi) is 4.29. The molecule has 1 fully saturated rings. The molecule has 0 spiro atoms. The van der Waals surface area contributed by atoms with E-state index in [0.29, 0.717) is 11.9 Å². The molecule has 0 radical (unpaired) electrons. The summed E-state index contributed by atoms with van der Waals surface area (Å²) in [6.07, 6.45) is 0.0603. The summed E-state index contributed by atoms with van der Waals surface area (Å²) in [6.45, 7) is 1.78. The number of hydrogen-bond acceptors (Lipinski definition) is 3. The van der Waals surface area contributed by atoms with E-state index in [4.69, 9.17) is 0 Å². The normalized spacial score (nSPS) is 20.3. The van der Waals surface area contributed by atoms with Gasteiger partial charge in [0.2, 0.25) is 0 Å². The number of likely N-dealkylation sites (N-methyl/N-ethyl adjacent to an activating group) is 1. The van der Waals surface area contributed by atoms with Gasteiger partial charge in [0.25, 0.3) is 0 Å². The number of piperidine rings is 1. The van der Waals surface area contributed by atoms with Crippen LogP contribution in [0.1, 0.15) is 24.8 Å². The first-order chi connectivity index (χ1) is 8.97. The minimum absolute atomic E-state index is 0.392. The maximum absolute atomic E-state index is 12.4. The number of alkyl halides is 3. The van der Waals surface area contributed by atoms with Crippen molar-refractivity contribution in [2.45, 2.75) is 31.5 Å². The fourth-order valence-corrected chi connectivity index (χ4v) is 2.28. The summed E-state index contributed by atoms with van der Waals surface area (Å²) in [7, 11) is 1.85. The van der Waals surface area contributed by atoms with Crippen LogP contribution in [0.5, 0.6) is 0 Å². The van der Waals surface area contributed by atoms with Gasteiger partial charge >= 0.3 is 6.18 Å². The van der Waals surface area contributed by atoms with Gasteiger partial charge in [-0.05, 0) is 31.5 Å². The molecule has 1 atom stereocenters. The molecule has 3 nitrogen and oxygen atoms in total. The summed E-state index contributed by atoms with van der Waals surface area (Å²) in [5, 5.41) is 3.41. The first-order valence-corrected chi connectivity index (χ1v) is 6.44. The molecule has 1 aromatic rings. The van der Waals surface area contributed by atoms with Crippen LogP contribution in [0.15, 0.2) is 18.3 Å². The fraction of sp³-hybridized carbons (Fsp3) is 0.615. The van der Waals surface area contributed by atoms with Crippen LogP contribution in [0.3, 0.4) is 0 Å². The molecule has 0 aromatic carbocycles. The van der Waals surface area contributed by atoms with E-state index in [1.165, 1.54) is 18.9 Å². The van der Waals surface area contributed by atoms with Crippen molar-refractivity contribution in [1.82, 2.24) is 10.3 Å². The van der Waals surface area contributed by atoms with Crippen molar-refractivity contribution in [3.05, 3.63) is 23.9 Å². The molecule has 1 aliphatic rings. The monoisotopic (exact) mass is 273 g/mol. The van der Waals surface area contributed by atoms with E-state index in [1.807, 2.05) is 11.9 Å². The standard InChI is InChI=1S/C13H18F3N3/c1-19(9-11-4-2-3-7-17-11)12-6-5-10(8-18-12)13(14,15)16/h5-6,8,11,17H,2-4,7,9H2,1H3. The van der Waals surface area contributed by atoms with Crippen molar-refractivity contribution in [1.29, 1.82) is 0 Å². The zero-order valence-electron chi connectivity index (χ0n) is 10.9. The van der Waals surface area contributed by atoms with Gasteiger partial charge in [-0.15, -0.1) is 0 Å². The van der Waals surface area contributed by atoms with Crippen LogP contribution in [0.2, 0.25) is 0 Å². The van der Waals surface area contributed by atoms with Gasteiger partial charge in [0.1, 0.15) is 5.82 Å². The Morgan fingerprint density at radius 3 is 2.68 bits per heavy atom. The second kappa shape index (κ2) is 5.77. The third kappa shape index (κ3) is 3.83. The Labute approximate surface area is 110 Å². The first kappa shape index (κ1) is 14.1. The zero-order chi connectivity index (χ0) is 13.9. The molecule has 1 saturated heterocycles. The van der Waals surface area contributed by atoms with Crippen molar-refractivity contribution >= 4 is 5.82 Å². The molecule has 1 N–H and O–H groups in total. The maximum Gasteiger partial charge on any atom is 0.417 e. The molecule has 1 unspecified atom stereocenters. The number of halogens is 3. The summed E-state index contributed by atoms with van der Waals surface area (Å²) in [5.41, 5.74) is -0.708. The number of hydrogen-bond donors (Lipinski definition) is 1. The molecule has 2 rings (SSSR count). The van der Waals surface area contributed by atoms with Crippen LogP contribution >= 0.6 is 0 Å². The molecule has 106 valence electrons. The van der Waals surface area contributed by atoms with Gasteiger partial charge < -0.3 is 10.2 Å². The van der Waals surface area contributed by atoms with Crippen molar-refractivity contribution < 1.29 is 13.2 Å². The summed E-state index contributed by atoms with van der Waals surface area (Å²) in [4.78, 5) is 5.78. The zero-order valence-corrected chi connectivity index (χ0v) is 10.9. The van der Waals surface area contributed by atoms with Crippen molar-refractivity contribution in [3.8, 4) is 0 Å². The number of rotatable bonds is 3. The van der Waals surface area contributed by atoms with E-state index in [2.05, 4.69) is 10.3 Å². The smallest absolute Gasteiger partial charge is 0.358 e. The van der Waals surface area contributed by atoms with Crippen molar-refractivity contribution in [3.63, 3.8) is 0 Å². The highest BCUT2D eigenvalue weighted by Gasteiger charge is 2.30. The minimum Gasteiger partial charge on any atom is -0.358 e. The molecule has 0 saturated carbocycles. The summed E-state index contributed by atoms with van der Waals surface area (Å²) >= 11 is 0. The number of pyridine rings is 1. The maximum atomic E-state index is 12.4. The fourth-order valence-electron chi connectivity index (χ4n) is 2.28. The molecule has 0 amide bonds. The molecule has 19 heavy (non-hydrogen) atoms. The summed E-state index contributed by atoms with van der Waals surface area (Å²) in [6, 6.07) is 2.89.